The number of rotatable bonds is 7. The summed E-state index contributed by atoms with van der Waals surface area (Å²) in [5.41, 5.74) is 7.38. The molecule has 1 amide bonds. The number of hydrogen-bond acceptors (Lipinski definition) is 7. The van der Waals surface area contributed by atoms with Gasteiger partial charge in [-0.2, -0.15) is 0 Å². The summed E-state index contributed by atoms with van der Waals surface area (Å²) >= 11 is 0. The average Bonchev–Trinajstić information content (AvgIpc) is 2.70. The molecule has 0 radical (unpaired) electrons. The SMILES string of the molecule is COc1ccc(C(C(N)=O)N2CCN(Cc3cccc([N+](=O)[O-])c3)CC2)cn1. The predicted octanol–water partition coefficient (Wildman–Crippen LogP) is 1.34. The molecule has 0 bridgehead atoms. The molecule has 2 heterocycles. The summed E-state index contributed by atoms with van der Waals surface area (Å²) in [5, 5.41) is 10.9. The van der Waals surface area contributed by atoms with Gasteiger partial charge in [0.05, 0.1) is 12.0 Å². The molecule has 1 unspecified atom stereocenters. The molecule has 9 nitrogen and oxygen atoms in total. The number of carbonyl (C=O) groups excluding carboxylic acids is 1. The lowest BCUT2D eigenvalue weighted by Crippen LogP contribution is -2.50. The van der Waals surface area contributed by atoms with Gasteiger partial charge in [0, 0.05) is 57.1 Å². The van der Waals surface area contributed by atoms with Gasteiger partial charge in [-0.1, -0.05) is 18.2 Å². The highest BCUT2D eigenvalue weighted by Crippen LogP contribution is 2.23. The van der Waals surface area contributed by atoms with Gasteiger partial charge in [-0.05, 0) is 11.1 Å². The van der Waals surface area contributed by atoms with Crippen molar-refractivity contribution in [2.24, 2.45) is 5.73 Å². The summed E-state index contributed by atoms with van der Waals surface area (Å²) in [7, 11) is 1.54. The van der Waals surface area contributed by atoms with E-state index in [1.54, 1.807) is 30.5 Å². The first kappa shape index (κ1) is 19.7. The molecular weight excluding hydrogens is 362 g/mol. The molecule has 2 aromatic rings. The molecule has 0 saturated carbocycles. The normalized spacial score (nSPS) is 16.5. The number of nitro benzene ring substituents is 1. The number of carbonyl (C=O) groups is 1. The number of non-ortho nitro benzene ring substituents is 1. The third-order valence-electron chi connectivity index (χ3n) is 4.85. The molecule has 3 rings (SSSR count). The summed E-state index contributed by atoms with van der Waals surface area (Å²) in [4.78, 5) is 31.0. The first-order valence-corrected chi connectivity index (χ1v) is 8.97. The van der Waals surface area contributed by atoms with E-state index in [0.717, 1.165) is 24.2 Å². The molecule has 1 aromatic heterocycles. The van der Waals surface area contributed by atoms with Gasteiger partial charge in [0.2, 0.25) is 11.8 Å². The molecule has 1 aliphatic rings. The van der Waals surface area contributed by atoms with E-state index in [2.05, 4.69) is 9.88 Å². The third kappa shape index (κ3) is 4.62. The van der Waals surface area contributed by atoms with Crippen LogP contribution in [0.1, 0.15) is 17.2 Å². The van der Waals surface area contributed by atoms with Crippen LogP contribution in [0.5, 0.6) is 5.88 Å². The lowest BCUT2D eigenvalue weighted by atomic mass is 10.1. The van der Waals surface area contributed by atoms with E-state index < -0.39 is 11.9 Å². The summed E-state index contributed by atoms with van der Waals surface area (Å²) in [5.74, 6) is 0.0628. The number of benzene rings is 1. The number of methoxy groups -OCH3 is 1. The first-order chi connectivity index (χ1) is 13.5. The number of hydrogen-bond donors (Lipinski definition) is 1. The van der Waals surface area contributed by atoms with Crippen molar-refractivity contribution in [1.29, 1.82) is 0 Å². The van der Waals surface area contributed by atoms with E-state index >= 15 is 0 Å². The molecule has 0 spiro atoms. The first-order valence-electron chi connectivity index (χ1n) is 8.97. The van der Waals surface area contributed by atoms with Gasteiger partial charge >= 0.3 is 0 Å². The monoisotopic (exact) mass is 385 g/mol. The van der Waals surface area contributed by atoms with E-state index in [1.807, 2.05) is 11.0 Å². The number of amides is 1. The average molecular weight is 385 g/mol. The Balaban J connectivity index is 1.63. The fourth-order valence-corrected chi connectivity index (χ4v) is 3.44. The molecule has 1 aromatic carbocycles. The van der Waals surface area contributed by atoms with Gasteiger partial charge in [0.25, 0.3) is 5.69 Å². The standard InChI is InChI=1S/C19H23N5O4/c1-28-17-6-5-15(12-21-17)18(19(20)25)23-9-7-22(8-10-23)13-14-3-2-4-16(11-14)24(26)27/h2-6,11-12,18H,7-10,13H2,1H3,(H2,20,25). The minimum atomic E-state index is -0.543. The minimum absolute atomic E-state index is 0.0944. The number of ether oxygens (including phenoxy) is 1. The van der Waals surface area contributed by atoms with E-state index in [4.69, 9.17) is 10.5 Å². The molecular formula is C19H23N5O4. The van der Waals surface area contributed by atoms with Crippen LogP contribution in [0.15, 0.2) is 42.6 Å². The number of primary amides is 1. The maximum absolute atomic E-state index is 12.1. The third-order valence-corrected chi connectivity index (χ3v) is 4.85. The Morgan fingerprint density at radius 3 is 2.61 bits per heavy atom. The van der Waals surface area contributed by atoms with Crippen LogP contribution in [-0.4, -0.2) is 58.9 Å². The summed E-state index contributed by atoms with van der Waals surface area (Å²) in [6, 6.07) is 9.64. The molecule has 1 fully saturated rings. The van der Waals surface area contributed by atoms with Crippen LogP contribution in [0, 0.1) is 10.1 Å². The lowest BCUT2D eigenvalue weighted by Gasteiger charge is -2.38. The van der Waals surface area contributed by atoms with Crippen LogP contribution in [0.2, 0.25) is 0 Å². The van der Waals surface area contributed by atoms with Crippen molar-refractivity contribution < 1.29 is 14.5 Å². The van der Waals surface area contributed by atoms with Crippen LogP contribution in [-0.2, 0) is 11.3 Å². The summed E-state index contributed by atoms with van der Waals surface area (Å²) in [6.07, 6.45) is 1.61. The van der Waals surface area contributed by atoms with Crippen LogP contribution in [0.4, 0.5) is 5.69 Å². The molecule has 9 heteroatoms. The van der Waals surface area contributed by atoms with E-state index in [1.165, 1.54) is 13.2 Å². The Hall–Kier alpha value is -3.04. The van der Waals surface area contributed by atoms with Crippen molar-refractivity contribution in [1.82, 2.24) is 14.8 Å². The second-order valence-corrected chi connectivity index (χ2v) is 6.68. The van der Waals surface area contributed by atoms with Crippen LogP contribution >= 0.6 is 0 Å². The van der Waals surface area contributed by atoms with Crippen molar-refractivity contribution in [2.75, 3.05) is 33.3 Å². The van der Waals surface area contributed by atoms with Crippen molar-refractivity contribution >= 4 is 11.6 Å². The molecule has 28 heavy (non-hydrogen) atoms. The van der Waals surface area contributed by atoms with Crippen LogP contribution in [0.25, 0.3) is 0 Å². The topological polar surface area (TPSA) is 115 Å². The van der Waals surface area contributed by atoms with Crippen molar-refractivity contribution in [3.8, 4) is 5.88 Å². The summed E-state index contributed by atoms with van der Waals surface area (Å²) in [6.45, 7) is 3.41. The fraction of sp³-hybridized carbons (Fsp3) is 0.368. The predicted molar refractivity (Wildman–Crippen MR) is 103 cm³/mol. The fourth-order valence-electron chi connectivity index (χ4n) is 3.44. The second kappa shape index (κ2) is 8.77. The lowest BCUT2D eigenvalue weighted by molar-refractivity contribution is -0.384. The number of aromatic nitrogens is 1. The maximum Gasteiger partial charge on any atom is 0.269 e. The highest BCUT2D eigenvalue weighted by Gasteiger charge is 2.29. The van der Waals surface area contributed by atoms with E-state index in [9.17, 15) is 14.9 Å². The molecule has 2 N–H and O–H groups in total. The van der Waals surface area contributed by atoms with Crippen molar-refractivity contribution in [3.05, 3.63) is 63.8 Å². The highest BCUT2D eigenvalue weighted by atomic mass is 16.6. The second-order valence-electron chi connectivity index (χ2n) is 6.68. The molecule has 148 valence electrons. The molecule has 0 aliphatic carbocycles. The number of nitro groups is 1. The zero-order chi connectivity index (χ0) is 20.1. The van der Waals surface area contributed by atoms with Gasteiger partial charge < -0.3 is 10.5 Å². The Morgan fingerprint density at radius 2 is 2.04 bits per heavy atom. The number of pyridine rings is 1. The largest absolute Gasteiger partial charge is 0.481 e. The van der Waals surface area contributed by atoms with E-state index in [0.29, 0.717) is 25.5 Å². The molecule has 1 atom stereocenters. The van der Waals surface area contributed by atoms with Crippen molar-refractivity contribution in [3.63, 3.8) is 0 Å². The number of piperazine rings is 1. The van der Waals surface area contributed by atoms with Gasteiger partial charge in [-0.15, -0.1) is 0 Å². The Morgan fingerprint density at radius 1 is 1.29 bits per heavy atom. The number of nitrogens with zero attached hydrogens (tertiary/aromatic N) is 4. The zero-order valence-electron chi connectivity index (χ0n) is 15.7. The highest BCUT2D eigenvalue weighted by molar-refractivity contribution is 5.81. The van der Waals surface area contributed by atoms with Crippen LogP contribution in [0.3, 0.4) is 0 Å². The number of nitrogens with two attached hydrogens (primary N) is 1. The zero-order valence-corrected chi connectivity index (χ0v) is 15.7. The quantitative estimate of drug-likeness (QED) is 0.565. The Kier molecular flexibility index (Phi) is 6.17. The van der Waals surface area contributed by atoms with E-state index in [-0.39, 0.29) is 10.6 Å². The Labute approximate surface area is 162 Å². The Bertz CT molecular complexity index is 834. The van der Waals surface area contributed by atoms with Gasteiger partial charge in [-0.25, -0.2) is 4.98 Å². The summed E-state index contributed by atoms with van der Waals surface area (Å²) < 4.78 is 5.06. The molecule has 1 saturated heterocycles. The minimum Gasteiger partial charge on any atom is -0.481 e. The van der Waals surface area contributed by atoms with Crippen LogP contribution < -0.4 is 10.5 Å². The van der Waals surface area contributed by atoms with Gasteiger partial charge in [0.15, 0.2) is 0 Å². The molecule has 1 aliphatic heterocycles. The van der Waals surface area contributed by atoms with Gasteiger partial charge in [-0.3, -0.25) is 24.7 Å². The van der Waals surface area contributed by atoms with Crippen molar-refractivity contribution in [2.45, 2.75) is 12.6 Å². The smallest absolute Gasteiger partial charge is 0.269 e. The maximum atomic E-state index is 12.1. The van der Waals surface area contributed by atoms with Gasteiger partial charge in [0.1, 0.15) is 6.04 Å².